The van der Waals surface area contributed by atoms with E-state index in [4.69, 9.17) is 68.4 Å². The van der Waals surface area contributed by atoms with E-state index < -0.39 is 42.7 Å². The highest BCUT2D eigenvalue weighted by Gasteiger charge is 2.22. The highest BCUT2D eigenvalue weighted by atomic mass is 127. The first-order valence-corrected chi connectivity index (χ1v) is 45.8. The molecule has 690 valence electrons. The van der Waals surface area contributed by atoms with Crippen LogP contribution in [-0.4, -0.2) is 79.6 Å². The van der Waals surface area contributed by atoms with Gasteiger partial charge >= 0.3 is 36.9 Å². The van der Waals surface area contributed by atoms with Crippen molar-refractivity contribution in [1.82, 2.24) is 0 Å². The molecule has 0 aliphatic heterocycles. The van der Waals surface area contributed by atoms with Gasteiger partial charge in [-0.1, -0.05) is 119 Å². The Morgan fingerprint density at radius 1 is 0.267 bits per heavy atom. The SMILES string of the molecule is COC(=O)Oc1cccc(Br)c1COc1ccc(C)cc1Br.COC(=O)Oc1cccc(C)c1COc1ccc(C)cc1Br.COC(=O)Oc1cccc(Cl)c1COc1ccc(C)cc1Br.COC(=O)Oc1cccc(F)c1COc1ccc(C)cc1Br.COC(=O)Oc1cccc(I)c1COc1ccc(C)cc1Br.COC(=O)Oc1ccccc1COc1ccc(C)cc1Br. The van der Waals surface area contributed by atoms with Crippen LogP contribution in [0.2, 0.25) is 5.02 Å². The minimum atomic E-state index is -0.914. The first-order valence-electron chi connectivity index (χ1n) is 38.8. The number of aryl methyl sites for hydroxylation is 7. The molecule has 12 rings (SSSR count). The third-order valence-corrected chi connectivity index (χ3v) is 23.4. The van der Waals surface area contributed by atoms with E-state index in [2.05, 4.69) is 163 Å². The maximum Gasteiger partial charge on any atom is 0.513 e. The molecule has 0 N–H and O–H groups in total. The van der Waals surface area contributed by atoms with Gasteiger partial charge in [0.05, 0.1) is 85.6 Å². The Labute approximate surface area is 835 Å². The summed E-state index contributed by atoms with van der Waals surface area (Å²) < 4.78 is 113. The van der Waals surface area contributed by atoms with Crippen LogP contribution in [0.1, 0.15) is 72.3 Å². The second-order valence-electron chi connectivity index (χ2n) is 27.2. The molecule has 0 fully saturated rings. The smallest absolute Gasteiger partial charge is 0.488 e. The van der Waals surface area contributed by atoms with Gasteiger partial charge in [-0.3, -0.25) is 0 Å². The normalized spacial score (nSPS) is 10.2. The van der Waals surface area contributed by atoms with E-state index in [0.717, 1.165) is 113 Å². The van der Waals surface area contributed by atoms with Crippen LogP contribution in [0, 0.1) is 57.9 Å². The van der Waals surface area contributed by atoms with Gasteiger partial charge < -0.3 is 85.3 Å². The minimum Gasteiger partial charge on any atom is -0.488 e. The van der Waals surface area contributed by atoms with E-state index in [1.807, 2.05) is 194 Å². The van der Waals surface area contributed by atoms with Crippen LogP contribution in [-0.2, 0) is 68.1 Å². The maximum absolute atomic E-state index is 13.9. The molecule has 0 aliphatic rings. The van der Waals surface area contributed by atoms with E-state index in [9.17, 15) is 33.2 Å². The number of carbonyl (C=O) groups is 6. The number of ether oxygens (including phenoxy) is 18. The van der Waals surface area contributed by atoms with Gasteiger partial charge in [-0.25, -0.2) is 33.2 Å². The number of para-hydroxylation sites is 1. The fraction of sp³-hybridized carbons (Fsp3) is 0.196. The molecular formula is C97H88Br7ClFIO24. The number of hydrogen-bond donors (Lipinski definition) is 0. The fourth-order valence-corrected chi connectivity index (χ4v) is 15.8. The number of carbonyl (C=O) groups excluding carboxylic acids is 6. The molecule has 0 atom stereocenters. The minimum absolute atomic E-state index is 0.0649. The number of halogens is 10. The summed E-state index contributed by atoms with van der Waals surface area (Å²) in [4.78, 5) is 67.6. The molecule has 0 amide bonds. The van der Waals surface area contributed by atoms with Gasteiger partial charge in [-0.05, 0) is 339 Å². The average molecular weight is 2380 g/mol. The van der Waals surface area contributed by atoms with E-state index in [1.165, 1.54) is 60.9 Å². The van der Waals surface area contributed by atoms with Crippen molar-refractivity contribution in [3.63, 3.8) is 0 Å². The summed E-state index contributed by atoms with van der Waals surface area (Å²) in [7, 11) is 7.51. The van der Waals surface area contributed by atoms with E-state index >= 15 is 0 Å². The van der Waals surface area contributed by atoms with Gasteiger partial charge in [0.15, 0.2) is 0 Å². The first-order chi connectivity index (χ1) is 62.6. The molecule has 0 radical (unpaired) electrons. The summed E-state index contributed by atoms with van der Waals surface area (Å²) in [6, 6.07) is 67.3. The summed E-state index contributed by atoms with van der Waals surface area (Å²) in [5.41, 5.74) is 11.5. The van der Waals surface area contributed by atoms with E-state index in [1.54, 1.807) is 60.7 Å². The Morgan fingerprint density at radius 3 is 0.893 bits per heavy atom. The lowest BCUT2D eigenvalue weighted by atomic mass is 10.1. The number of benzene rings is 12. The van der Waals surface area contributed by atoms with Gasteiger partial charge in [0.2, 0.25) is 0 Å². The predicted octanol–water partition coefficient (Wildman–Crippen LogP) is 29.4. The molecule has 24 nitrogen and oxygen atoms in total. The summed E-state index contributed by atoms with van der Waals surface area (Å²) in [5.74, 6) is 5.69. The fourth-order valence-electron chi connectivity index (χ4n) is 10.8. The summed E-state index contributed by atoms with van der Waals surface area (Å²) in [5, 5.41) is 0.449. The van der Waals surface area contributed by atoms with Crippen LogP contribution in [0.5, 0.6) is 69.0 Å². The average Bonchev–Trinajstić information content (AvgIpc) is 0.849. The Morgan fingerprint density at radius 2 is 0.527 bits per heavy atom. The predicted molar refractivity (Wildman–Crippen MR) is 526 cm³/mol. The second-order valence-corrected chi connectivity index (χ2v) is 34.7. The largest absolute Gasteiger partial charge is 0.513 e. The number of methoxy groups -OCH3 is 6. The Balaban J connectivity index is 0.000000215. The molecule has 12 aromatic rings. The zero-order valence-electron chi connectivity index (χ0n) is 72.7. The molecule has 131 heavy (non-hydrogen) atoms. The standard InChI is InChI=1S/C17H17BrO4.C16H14Br2O4.C16H14BrClO4.C16H14BrFO4.C16H14BrIO4.C16H15BrO4/c1-11-7-8-16(14(18)9-11)21-10-13-12(2)5-4-6-15(13)22-17(19)20-3;1-10-6-7-15(13(18)8-10)21-9-11-12(17)4-3-5-14(11)22-16(19)20-2;3*1-10-6-7-15(12(17)8-10)21-9-11-13(18)4-3-5-14(11)22-16(19)20-2;1-11-7-8-15(13(17)9-11)20-10-12-5-3-4-6-14(12)21-16(18)19-2/h4-9H,10H2,1-3H3;4*3-8H,9H2,1-2H3;3-9H,10H2,1-2H3. The zero-order chi connectivity index (χ0) is 95.8. The molecule has 0 bridgehead atoms. The molecular weight excluding hydrogens is 2290 g/mol. The summed E-state index contributed by atoms with van der Waals surface area (Å²) in [6.45, 7) is 15.1. The second kappa shape index (κ2) is 55.6. The third-order valence-electron chi connectivity index (χ3n) is 17.6. The van der Waals surface area contributed by atoms with E-state index in [-0.39, 0.29) is 44.3 Å². The first kappa shape index (κ1) is 107. The van der Waals surface area contributed by atoms with Crippen molar-refractivity contribution in [3.05, 3.63) is 342 Å². The van der Waals surface area contributed by atoms with Gasteiger partial charge in [0.25, 0.3) is 0 Å². The maximum atomic E-state index is 13.9. The van der Waals surface area contributed by atoms with Crippen LogP contribution in [0.3, 0.4) is 0 Å². The molecule has 12 aromatic carbocycles. The lowest BCUT2D eigenvalue weighted by Crippen LogP contribution is -2.11. The van der Waals surface area contributed by atoms with Gasteiger partial charge in [-0.15, -0.1) is 0 Å². The lowest BCUT2D eigenvalue weighted by molar-refractivity contribution is 0.119. The van der Waals surface area contributed by atoms with Crippen molar-refractivity contribution < 1.29 is 118 Å². The topological polar surface area (TPSA) is 269 Å². The Hall–Kier alpha value is -10.6. The van der Waals surface area contributed by atoms with Crippen molar-refractivity contribution in [1.29, 1.82) is 0 Å². The summed E-state index contributed by atoms with van der Waals surface area (Å²) in [6.07, 6.45) is -4.73. The van der Waals surface area contributed by atoms with E-state index in [0.29, 0.717) is 63.2 Å². The van der Waals surface area contributed by atoms with Gasteiger partial charge in [-0.2, -0.15) is 0 Å². The zero-order valence-corrected chi connectivity index (χ0v) is 86.7. The molecule has 0 aliphatic carbocycles. The molecule has 0 unspecified atom stereocenters. The van der Waals surface area contributed by atoms with Crippen LogP contribution in [0.25, 0.3) is 0 Å². The number of hydrogen-bond acceptors (Lipinski definition) is 24. The van der Waals surface area contributed by atoms with Crippen LogP contribution in [0.15, 0.2) is 256 Å². The highest BCUT2D eigenvalue weighted by Crippen LogP contribution is 2.38. The Kier molecular flexibility index (Phi) is 45.6. The monoisotopic (exact) mass is 2370 g/mol. The number of rotatable bonds is 24. The molecule has 0 spiro atoms. The van der Waals surface area contributed by atoms with Crippen molar-refractivity contribution in [2.75, 3.05) is 42.7 Å². The summed E-state index contributed by atoms with van der Waals surface area (Å²) >= 11 is 32.5. The van der Waals surface area contributed by atoms with Gasteiger partial charge in [0, 0.05) is 30.3 Å². The van der Waals surface area contributed by atoms with Crippen molar-refractivity contribution in [2.45, 2.75) is 88.1 Å². The molecule has 0 aromatic heterocycles. The molecule has 0 heterocycles. The third kappa shape index (κ3) is 35.8. The van der Waals surface area contributed by atoms with Crippen molar-refractivity contribution in [3.8, 4) is 69.0 Å². The van der Waals surface area contributed by atoms with Gasteiger partial charge in [0.1, 0.15) is 114 Å². The highest BCUT2D eigenvalue weighted by molar-refractivity contribution is 14.1. The van der Waals surface area contributed by atoms with Crippen molar-refractivity contribution >= 4 is 183 Å². The van der Waals surface area contributed by atoms with Crippen LogP contribution < -0.4 is 56.8 Å². The van der Waals surface area contributed by atoms with Crippen molar-refractivity contribution in [2.24, 2.45) is 0 Å². The van der Waals surface area contributed by atoms with Crippen LogP contribution >= 0.6 is 146 Å². The Bertz CT molecular complexity index is 5220. The molecule has 34 heteroatoms. The molecule has 0 saturated carbocycles. The molecule has 0 saturated heterocycles. The lowest BCUT2D eigenvalue weighted by Gasteiger charge is -2.14. The van der Waals surface area contributed by atoms with Crippen LogP contribution in [0.4, 0.5) is 33.2 Å². The quantitative estimate of drug-likeness (QED) is 0.0235.